The molecule has 4 rings (SSSR count). The van der Waals surface area contributed by atoms with E-state index in [0.717, 1.165) is 41.2 Å². The number of carbonyl (C=O) groups is 1. The summed E-state index contributed by atoms with van der Waals surface area (Å²) in [6, 6.07) is 22.9. The molecule has 0 unspecified atom stereocenters. The molecule has 6 heteroatoms. The topological polar surface area (TPSA) is 71.3 Å². The summed E-state index contributed by atoms with van der Waals surface area (Å²) in [6.07, 6.45) is 0. The highest BCUT2D eigenvalue weighted by Crippen LogP contribution is 2.26. The van der Waals surface area contributed by atoms with Gasteiger partial charge in [0.25, 0.3) is 5.91 Å². The van der Waals surface area contributed by atoms with Crippen molar-refractivity contribution in [1.29, 1.82) is 0 Å². The van der Waals surface area contributed by atoms with E-state index in [-0.39, 0.29) is 5.91 Å². The second kappa shape index (κ2) is 9.47. The van der Waals surface area contributed by atoms with Crippen LogP contribution in [-0.4, -0.2) is 29.2 Å². The summed E-state index contributed by atoms with van der Waals surface area (Å²) in [7, 11) is 0. The summed E-state index contributed by atoms with van der Waals surface area (Å²) in [5, 5.41) is 11.3. The predicted molar refractivity (Wildman–Crippen MR) is 128 cm³/mol. The zero-order valence-electron chi connectivity index (χ0n) is 18.5. The third-order valence-electron chi connectivity index (χ3n) is 5.45. The van der Waals surface area contributed by atoms with Gasteiger partial charge in [-0.1, -0.05) is 18.2 Å². The van der Waals surface area contributed by atoms with Crippen molar-refractivity contribution in [2.24, 2.45) is 0 Å². The SMILES string of the molecule is CCN(CC)c1ccc(NC(=O)c2ccc(-c3nnc(-c4ccccc4C)o3)cc2)cc1. The number of hydrogen-bond donors (Lipinski definition) is 1. The van der Waals surface area contributed by atoms with Gasteiger partial charge < -0.3 is 14.6 Å². The molecule has 0 bridgehead atoms. The fourth-order valence-electron chi connectivity index (χ4n) is 3.57. The standard InChI is InChI=1S/C26H26N4O2/c1-4-30(5-2)22-16-14-21(15-17-22)27-24(31)19-10-12-20(13-11-19)25-28-29-26(32-25)23-9-7-6-8-18(23)3/h6-17H,4-5H2,1-3H3,(H,27,31). The molecule has 1 amide bonds. The van der Waals surface area contributed by atoms with Gasteiger partial charge in [-0.25, -0.2) is 0 Å². The summed E-state index contributed by atoms with van der Waals surface area (Å²) in [6.45, 7) is 8.15. The van der Waals surface area contributed by atoms with E-state index < -0.39 is 0 Å². The first-order valence-electron chi connectivity index (χ1n) is 10.7. The fourth-order valence-corrected chi connectivity index (χ4v) is 3.57. The fraction of sp³-hybridized carbons (Fsp3) is 0.192. The molecule has 32 heavy (non-hydrogen) atoms. The minimum Gasteiger partial charge on any atom is -0.416 e. The minimum atomic E-state index is -0.168. The molecule has 0 atom stereocenters. The van der Waals surface area contributed by atoms with Crippen molar-refractivity contribution in [2.45, 2.75) is 20.8 Å². The maximum atomic E-state index is 12.6. The number of carbonyl (C=O) groups excluding carboxylic acids is 1. The van der Waals surface area contributed by atoms with E-state index in [0.29, 0.717) is 17.3 Å². The highest BCUT2D eigenvalue weighted by molar-refractivity contribution is 6.04. The number of nitrogens with zero attached hydrogens (tertiary/aromatic N) is 3. The average molecular weight is 427 g/mol. The average Bonchev–Trinajstić information content (AvgIpc) is 3.31. The van der Waals surface area contributed by atoms with E-state index in [2.05, 4.69) is 34.3 Å². The van der Waals surface area contributed by atoms with Crippen LogP contribution in [0.5, 0.6) is 0 Å². The quantitative estimate of drug-likeness (QED) is 0.404. The molecule has 1 aromatic heterocycles. The number of rotatable bonds is 7. The van der Waals surface area contributed by atoms with Crippen LogP contribution in [0.4, 0.5) is 11.4 Å². The Kier molecular flexibility index (Phi) is 6.31. The maximum Gasteiger partial charge on any atom is 0.255 e. The van der Waals surface area contributed by atoms with Gasteiger partial charge in [0.2, 0.25) is 11.8 Å². The number of amides is 1. The molecule has 0 aliphatic carbocycles. The van der Waals surface area contributed by atoms with E-state index in [9.17, 15) is 4.79 Å². The van der Waals surface area contributed by atoms with Crippen LogP contribution in [0.3, 0.4) is 0 Å². The molecule has 0 saturated heterocycles. The Morgan fingerprint density at radius 1 is 0.875 bits per heavy atom. The number of aryl methyl sites for hydroxylation is 1. The van der Waals surface area contributed by atoms with Gasteiger partial charge in [-0.15, -0.1) is 10.2 Å². The number of anilines is 2. The lowest BCUT2D eigenvalue weighted by molar-refractivity contribution is 0.102. The van der Waals surface area contributed by atoms with Crippen molar-refractivity contribution in [3.05, 3.63) is 83.9 Å². The second-order valence-electron chi connectivity index (χ2n) is 7.48. The van der Waals surface area contributed by atoms with Crippen LogP contribution in [0.2, 0.25) is 0 Å². The molecule has 0 aliphatic rings. The van der Waals surface area contributed by atoms with Gasteiger partial charge in [0.05, 0.1) is 0 Å². The summed E-state index contributed by atoms with van der Waals surface area (Å²) < 4.78 is 5.85. The zero-order valence-corrected chi connectivity index (χ0v) is 18.5. The molecule has 162 valence electrons. The smallest absolute Gasteiger partial charge is 0.255 e. The van der Waals surface area contributed by atoms with Gasteiger partial charge >= 0.3 is 0 Å². The first kappa shape index (κ1) is 21.3. The van der Waals surface area contributed by atoms with E-state index in [4.69, 9.17) is 4.42 Å². The third kappa shape index (κ3) is 4.54. The number of aromatic nitrogens is 2. The minimum absolute atomic E-state index is 0.168. The van der Waals surface area contributed by atoms with Crippen molar-refractivity contribution < 1.29 is 9.21 Å². The summed E-state index contributed by atoms with van der Waals surface area (Å²) in [4.78, 5) is 14.9. The summed E-state index contributed by atoms with van der Waals surface area (Å²) in [5.74, 6) is 0.730. The highest BCUT2D eigenvalue weighted by Gasteiger charge is 2.13. The van der Waals surface area contributed by atoms with Crippen molar-refractivity contribution in [2.75, 3.05) is 23.3 Å². The molecule has 0 fully saturated rings. The Labute approximate surface area is 187 Å². The van der Waals surface area contributed by atoms with Gasteiger partial charge in [0, 0.05) is 41.2 Å². The number of benzene rings is 3. The van der Waals surface area contributed by atoms with Gasteiger partial charge in [0.15, 0.2) is 0 Å². The zero-order chi connectivity index (χ0) is 22.5. The molecule has 0 aliphatic heterocycles. The van der Waals surface area contributed by atoms with Crippen molar-refractivity contribution in [3.63, 3.8) is 0 Å². The first-order valence-corrected chi connectivity index (χ1v) is 10.7. The van der Waals surface area contributed by atoms with E-state index in [1.165, 1.54) is 0 Å². The second-order valence-corrected chi connectivity index (χ2v) is 7.48. The van der Waals surface area contributed by atoms with Crippen LogP contribution < -0.4 is 10.2 Å². The molecule has 3 aromatic carbocycles. The number of hydrogen-bond acceptors (Lipinski definition) is 5. The van der Waals surface area contributed by atoms with E-state index in [1.54, 1.807) is 12.1 Å². The summed E-state index contributed by atoms with van der Waals surface area (Å²) in [5.41, 5.74) is 5.20. The maximum absolute atomic E-state index is 12.6. The van der Waals surface area contributed by atoms with Crippen LogP contribution in [0, 0.1) is 6.92 Å². The largest absolute Gasteiger partial charge is 0.416 e. The van der Waals surface area contributed by atoms with Crippen LogP contribution in [0.25, 0.3) is 22.9 Å². The molecular formula is C26H26N4O2. The molecule has 6 nitrogen and oxygen atoms in total. The lowest BCUT2D eigenvalue weighted by atomic mass is 10.1. The Balaban J connectivity index is 1.45. The predicted octanol–water partition coefficient (Wildman–Crippen LogP) is 5.81. The monoisotopic (exact) mass is 426 g/mol. The first-order chi connectivity index (χ1) is 15.6. The van der Waals surface area contributed by atoms with Gasteiger partial charge in [0.1, 0.15) is 0 Å². The van der Waals surface area contributed by atoms with Crippen LogP contribution in [0.15, 0.2) is 77.2 Å². The van der Waals surface area contributed by atoms with Gasteiger partial charge in [-0.3, -0.25) is 4.79 Å². The number of nitrogens with one attached hydrogen (secondary N) is 1. The molecule has 0 radical (unpaired) electrons. The van der Waals surface area contributed by atoms with E-state index >= 15 is 0 Å². The van der Waals surface area contributed by atoms with Crippen LogP contribution in [-0.2, 0) is 0 Å². The molecular weight excluding hydrogens is 400 g/mol. The Bertz CT molecular complexity index is 1190. The Morgan fingerprint density at radius 3 is 2.19 bits per heavy atom. The normalized spacial score (nSPS) is 10.7. The molecule has 4 aromatic rings. The van der Waals surface area contributed by atoms with Gasteiger partial charge in [-0.2, -0.15) is 0 Å². The molecule has 0 spiro atoms. The van der Waals surface area contributed by atoms with E-state index in [1.807, 2.05) is 67.6 Å². The van der Waals surface area contributed by atoms with Crippen molar-refractivity contribution >= 4 is 17.3 Å². The highest BCUT2D eigenvalue weighted by atomic mass is 16.4. The Morgan fingerprint density at radius 2 is 1.53 bits per heavy atom. The summed E-state index contributed by atoms with van der Waals surface area (Å²) >= 11 is 0. The molecule has 1 heterocycles. The lowest BCUT2D eigenvalue weighted by Gasteiger charge is -2.21. The van der Waals surface area contributed by atoms with Crippen LogP contribution >= 0.6 is 0 Å². The van der Waals surface area contributed by atoms with Crippen LogP contribution in [0.1, 0.15) is 29.8 Å². The Hall–Kier alpha value is -3.93. The molecule has 0 saturated carbocycles. The third-order valence-corrected chi connectivity index (χ3v) is 5.45. The van der Waals surface area contributed by atoms with Gasteiger partial charge in [-0.05, 0) is 80.9 Å². The van der Waals surface area contributed by atoms with Crippen molar-refractivity contribution in [3.8, 4) is 22.9 Å². The van der Waals surface area contributed by atoms with Crippen molar-refractivity contribution in [1.82, 2.24) is 10.2 Å². The molecule has 1 N–H and O–H groups in total. The lowest BCUT2D eigenvalue weighted by Crippen LogP contribution is -2.21.